The summed E-state index contributed by atoms with van der Waals surface area (Å²) in [6.45, 7) is 9.74. The number of thiophene rings is 1. The smallest absolute Gasteiger partial charge is 0.259 e. The normalized spacial score (nSPS) is 15.8. The van der Waals surface area contributed by atoms with E-state index < -0.39 is 0 Å². The molecule has 4 nitrogen and oxygen atoms in total. The zero-order valence-electron chi connectivity index (χ0n) is 20.6. The standard InChI is InChI=1S/C29H34N2O2S/c1-5-17-33-23-14-11-20(12-15-23)19-30-28-26(27(32)31-22-9-7-6-8-10-22)24-16-13-21(29(2,3)4)18-25(24)34-28/h6-12,14-15,19,21H,5,13,16-18H2,1-4H3,(H,31,32)/t21-/m0/s1. The third kappa shape index (κ3) is 5.76. The van der Waals surface area contributed by atoms with E-state index in [1.807, 2.05) is 60.8 Å². The molecule has 0 fully saturated rings. The van der Waals surface area contributed by atoms with Gasteiger partial charge in [-0.2, -0.15) is 0 Å². The summed E-state index contributed by atoms with van der Waals surface area (Å²) < 4.78 is 5.68. The Kier molecular flexibility index (Phi) is 7.52. The van der Waals surface area contributed by atoms with Gasteiger partial charge in [0.25, 0.3) is 5.91 Å². The molecule has 2 aromatic carbocycles. The molecular weight excluding hydrogens is 440 g/mol. The molecule has 1 heterocycles. The van der Waals surface area contributed by atoms with Crippen LogP contribution >= 0.6 is 11.3 Å². The van der Waals surface area contributed by atoms with Gasteiger partial charge in [0.1, 0.15) is 10.8 Å². The molecule has 1 N–H and O–H groups in total. The lowest BCUT2D eigenvalue weighted by Crippen LogP contribution is -2.27. The first-order chi connectivity index (χ1) is 16.3. The molecule has 0 saturated heterocycles. The van der Waals surface area contributed by atoms with Gasteiger partial charge < -0.3 is 10.1 Å². The number of aliphatic imine (C=N–C) groups is 1. The predicted molar refractivity (Wildman–Crippen MR) is 143 cm³/mol. The van der Waals surface area contributed by atoms with Gasteiger partial charge in [0.05, 0.1) is 12.2 Å². The molecule has 0 aliphatic heterocycles. The van der Waals surface area contributed by atoms with E-state index in [4.69, 9.17) is 9.73 Å². The maximum atomic E-state index is 13.4. The van der Waals surface area contributed by atoms with Crippen LogP contribution in [0.15, 0.2) is 59.6 Å². The third-order valence-corrected chi connectivity index (χ3v) is 7.58. The molecule has 1 aliphatic carbocycles. The van der Waals surface area contributed by atoms with Gasteiger partial charge in [-0.3, -0.25) is 4.79 Å². The Labute approximate surface area is 207 Å². The number of hydrogen-bond acceptors (Lipinski definition) is 4. The largest absolute Gasteiger partial charge is 0.494 e. The molecule has 0 saturated carbocycles. The quantitative estimate of drug-likeness (QED) is 0.357. The van der Waals surface area contributed by atoms with Crippen LogP contribution in [0.2, 0.25) is 0 Å². The topological polar surface area (TPSA) is 50.7 Å². The molecule has 5 heteroatoms. The summed E-state index contributed by atoms with van der Waals surface area (Å²) >= 11 is 1.67. The van der Waals surface area contributed by atoms with Crippen LogP contribution in [-0.4, -0.2) is 18.7 Å². The van der Waals surface area contributed by atoms with Crippen molar-refractivity contribution >= 4 is 34.1 Å². The molecule has 0 radical (unpaired) electrons. The summed E-state index contributed by atoms with van der Waals surface area (Å²) in [5, 5.41) is 3.87. The van der Waals surface area contributed by atoms with Crippen LogP contribution in [0.3, 0.4) is 0 Å². The summed E-state index contributed by atoms with van der Waals surface area (Å²) in [6, 6.07) is 17.6. The number of nitrogens with one attached hydrogen (secondary N) is 1. The maximum Gasteiger partial charge on any atom is 0.259 e. The highest BCUT2D eigenvalue weighted by molar-refractivity contribution is 7.16. The molecule has 1 atom stereocenters. The minimum absolute atomic E-state index is 0.0756. The van der Waals surface area contributed by atoms with Gasteiger partial charge in [-0.1, -0.05) is 45.9 Å². The van der Waals surface area contributed by atoms with E-state index in [2.05, 4.69) is 33.0 Å². The number of carbonyl (C=O) groups is 1. The first-order valence-electron chi connectivity index (χ1n) is 12.1. The Bertz CT molecular complexity index is 1140. The number of fused-ring (bicyclic) bond motifs is 1. The number of ether oxygens (including phenoxy) is 1. The van der Waals surface area contributed by atoms with E-state index in [9.17, 15) is 4.79 Å². The van der Waals surface area contributed by atoms with E-state index in [1.165, 1.54) is 10.4 Å². The number of amides is 1. The van der Waals surface area contributed by atoms with E-state index in [-0.39, 0.29) is 11.3 Å². The summed E-state index contributed by atoms with van der Waals surface area (Å²) in [6.07, 6.45) is 5.86. The van der Waals surface area contributed by atoms with Crippen LogP contribution in [0.25, 0.3) is 0 Å². The van der Waals surface area contributed by atoms with Gasteiger partial charge in [0.15, 0.2) is 0 Å². The van der Waals surface area contributed by atoms with Crippen LogP contribution < -0.4 is 10.1 Å². The third-order valence-electron chi connectivity index (χ3n) is 6.41. The highest BCUT2D eigenvalue weighted by atomic mass is 32.1. The van der Waals surface area contributed by atoms with Crippen molar-refractivity contribution in [1.29, 1.82) is 0 Å². The van der Waals surface area contributed by atoms with Gasteiger partial charge in [0.2, 0.25) is 0 Å². The van der Waals surface area contributed by atoms with Gasteiger partial charge >= 0.3 is 0 Å². The Hall–Kier alpha value is -2.92. The van der Waals surface area contributed by atoms with Crippen molar-refractivity contribution in [1.82, 2.24) is 0 Å². The summed E-state index contributed by atoms with van der Waals surface area (Å²) in [4.78, 5) is 19.5. The number of para-hydroxylation sites is 1. The summed E-state index contributed by atoms with van der Waals surface area (Å²) in [5.74, 6) is 1.39. The summed E-state index contributed by atoms with van der Waals surface area (Å²) in [7, 11) is 0. The second-order valence-corrected chi connectivity index (χ2v) is 11.1. The van der Waals surface area contributed by atoms with E-state index in [0.717, 1.165) is 53.2 Å². The van der Waals surface area contributed by atoms with E-state index >= 15 is 0 Å². The predicted octanol–water partition coefficient (Wildman–Crippen LogP) is 7.69. The molecule has 0 bridgehead atoms. The molecule has 34 heavy (non-hydrogen) atoms. The number of benzene rings is 2. The molecule has 4 rings (SSSR count). The molecule has 0 spiro atoms. The van der Waals surface area contributed by atoms with Crippen molar-refractivity contribution in [3.8, 4) is 5.75 Å². The maximum absolute atomic E-state index is 13.4. The van der Waals surface area contributed by atoms with E-state index in [0.29, 0.717) is 12.5 Å². The molecular formula is C29H34N2O2S. The zero-order valence-corrected chi connectivity index (χ0v) is 21.4. The van der Waals surface area contributed by atoms with Crippen LogP contribution in [0.1, 0.15) is 66.9 Å². The molecule has 3 aromatic rings. The lowest BCUT2D eigenvalue weighted by molar-refractivity contribution is 0.102. The number of anilines is 1. The second kappa shape index (κ2) is 10.6. The first kappa shape index (κ1) is 24.2. The van der Waals surface area contributed by atoms with Crippen molar-refractivity contribution in [3.05, 3.63) is 76.2 Å². The second-order valence-electron chi connectivity index (χ2n) is 9.99. The highest BCUT2D eigenvalue weighted by Crippen LogP contribution is 2.45. The van der Waals surface area contributed by atoms with Crippen LogP contribution in [0.4, 0.5) is 10.7 Å². The molecule has 1 aromatic heterocycles. The Morgan fingerprint density at radius 1 is 1.15 bits per heavy atom. The molecule has 178 valence electrons. The van der Waals surface area contributed by atoms with Crippen molar-refractivity contribution < 1.29 is 9.53 Å². The Morgan fingerprint density at radius 3 is 2.56 bits per heavy atom. The Morgan fingerprint density at radius 2 is 1.88 bits per heavy atom. The number of hydrogen-bond donors (Lipinski definition) is 1. The highest BCUT2D eigenvalue weighted by Gasteiger charge is 2.33. The minimum Gasteiger partial charge on any atom is -0.494 e. The number of rotatable bonds is 7. The van der Waals surface area contributed by atoms with Gasteiger partial charge in [0, 0.05) is 16.8 Å². The summed E-state index contributed by atoms with van der Waals surface area (Å²) in [5.41, 5.74) is 3.94. The van der Waals surface area contributed by atoms with Crippen molar-refractivity contribution in [2.24, 2.45) is 16.3 Å². The zero-order chi connectivity index (χ0) is 24.1. The average Bonchev–Trinajstić information content (AvgIpc) is 3.20. The average molecular weight is 475 g/mol. The van der Waals surface area contributed by atoms with Crippen LogP contribution in [0, 0.1) is 11.3 Å². The SMILES string of the molecule is CCCOc1ccc(C=Nc2sc3c(c2C(=O)Nc2ccccc2)CC[C@H](C(C)(C)C)C3)cc1. The molecule has 1 amide bonds. The first-order valence-corrected chi connectivity index (χ1v) is 12.9. The monoisotopic (exact) mass is 474 g/mol. The van der Waals surface area contributed by atoms with E-state index in [1.54, 1.807) is 11.3 Å². The van der Waals surface area contributed by atoms with Crippen molar-refractivity contribution in [2.45, 2.75) is 53.4 Å². The van der Waals surface area contributed by atoms with Gasteiger partial charge in [-0.25, -0.2) is 4.99 Å². The van der Waals surface area contributed by atoms with Crippen molar-refractivity contribution in [2.75, 3.05) is 11.9 Å². The fraction of sp³-hybridized carbons (Fsp3) is 0.379. The number of nitrogens with zero attached hydrogens (tertiary/aromatic N) is 1. The molecule has 1 aliphatic rings. The van der Waals surface area contributed by atoms with Gasteiger partial charge in [-0.05, 0) is 84.5 Å². The minimum atomic E-state index is -0.0756. The van der Waals surface area contributed by atoms with Gasteiger partial charge in [-0.15, -0.1) is 11.3 Å². The lowest BCUT2D eigenvalue weighted by atomic mass is 9.72. The molecule has 0 unspecified atom stereocenters. The number of carbonyl (C=O) groups excluding carboxylic acids is 1. The van der Waals surface area contributed by atoms with Crippen LogP contribution in [0.5, 0.6) is 5.75 Å². The fourth-order valence-electron chi connectivity index (χ4n) is 4.35. The van der Waals surface area contributed by atoms with Crippen molar-refractivity contribution in [3.63, 3.8) is 0 Å². The Balaban J connectivity index is 1.63. The fourth-order valence-corrected chi connectivity index (χ4v) is 5.62. The van der Waals surface area contributed by atoms with Crippen LogP contribution in [-0.2, 0) is 12.8 Å². The lowest BCUT2D eigenvalue weighted by Gasteiger charge is -2.33.